The zero-order valence-electron chi connectivity index (χ0n) is 14.0. The number of aromatic nitrogens is 4. The fourth-order valence-electron chi connectivity index (χ4n) is 3.76. The van der Waals surface area contributed by atoms with Crippen LogP contribution in [0.15, 0.2) is 30.3 Å². The molecule has 6 heteroatoms. The Morgan fingerprint density at radius 1 is 1.16 bits per heavy atom. The number of H-pyrrole nitrogens is 2. The summed E-state index contributed by atoms with van der Waals surface area (Å²) in [7, 11) is 0. The van der Waals surface area contributed by atoms with E-state index in [1.807, 2.05) is 35.2 Å². The lowest BCUT2D eigenvalue weighted by molar-refractivity contribution is 0.0699. The molecule has 25 heavy (non-hydrogen) atoms. The number of amides is 1. The number of imidazole rings is 1. The van der Waals surface area contributed by atoms with Gasteiger partial charge in [0.1, 0.15) is 11.5 Å². The molecule has 2 aromatic heterocycles. The minimum absolute atomic E-state index is 0.0314. The number of aromatic amines is 2. The molecule has 5 rings (SSSR count). The molecule has 128 valence electrons. The van der Waals surface area contributed by atoms with Crippen molar-refractivity contribution in [1.82, 2.24) is 25.1 Å². The molecule has 6 nitrogen and oxygen atoms in total. The lowest BCUT2D eigenvalue weighted by atomic mass is 9.97. The van der Waals surface area contributed by atoms with Gasteiger partial charge in [0.25, 0.3) is 5.91 Å². The Balaban J connectivity index is 1.35. The van der Waals surface area contributed by atoms with E-state index in [0.29, 0.717) is 18.2 Å². The normalized spacial score (nSPS) is 21.0. The summed E-state index contributed by atoms with van der Waals surface area (Å²) in [5.74, 6) is 1.86. The summed E-state index contributed by atoms with van der Waals surface area (Å²) in [6.07, 6.45) is 4.45. The monoisotopic (exact) mass is 335 g/mol. The molecule has 1 aromatic carbocycles. The molecule has 2 N–H and O–H groups in total. The van der Waals surface area contributed by atoms with Crippen LogP contribution in [-0.2, 0) is 0 Å². The smallest absolute Gasteiger partial charge is 0.274 e. The highest BCUT2D eigenvalue weighted by Gasteiger charge is 2.30. The Morgan fingerprint density at radius 2 is 2.04 bits per heavy atom. The van der Waals surface area contributed by atoms with Gasteiger partial charge in [-0.3, -0.25) is 9.89 Å². The van der Waals surface area contributed by atoms with Crippen LogP contribution in [0.2, 0.25) is 0 Å². The zero-order valence-corrected chi connectivity index (χ0v) is 14.0. The van der Waals surface area contributed by atoms with Crippen LogP contribution in [-0.4, -0.2) is 44.1 Å². The highest BCUT2D eigenvalue weighted by molar-refractivity contribution is 5.92. The number of hydrogen-bond donors (Lipinski definition) is 2. The number of piperidine rings is 1. The summed E-state index contributed by atoms with van der Waals surface area (Å²) in [6.45, 7) is 1.49. The number of benzene rings is 1. The minimum atomic E-state index is 0.0314. The average Bonchev–Trinajstić information content (AvgIpc) is 3.22. The second-order valence-corrected chi connectivity index (χ2v) is 7.21. The second kappa shape index (κ2) is 5.72. The fraction of sp³-hybridized carbons (Fsp3) is 0.421. The van der Waals surface area contributed by atoms with Gasteiger partial charge in [-0.2, -0.15) is 5.10 Å². The number of carbonyl (C=O) groups is 1. The maximum absolute atomic E-state index is 12.8. The first-order valence-corrected chi connectivity index (χ1v) is 9.07. The van der Waals surface area contributed by atoms with Crippen molar-refractivity contribution in [2.45, 2.75) is 37.5 Å². The van der Waals surface area contributed by atoms with Gasteiger partial charge in [0, 0.05) is 30.6 Å². The van der Waals surface area contributed by atoms with Gasteiger partial charge in [0.2, 0.25) is 0 Å². The quantitative estimate of drug-likeness (QED) is 0.771. The summed E-state index contributed by atoms with van der Waals surface area (Å²) in [4.78, 5) is 22.9. The third-order valence-corrected chi connectivity index (χ3v) is 5.34. The van der Waals surface area contributed by atoms with Crippen molar-refractivity contribution < 1.29 is 4.79 Å². The molecular formula is C19H21N5O. The summed E-state index contributed by atoms with van der Waals surface area (Å²) < 4.78 is 0. The largest absolute Gasteiger partial charge is 0.342 e. The van der Waals surface area contributed by atoms with Gasteiger partial charge in [-0.15, -0.1) is 0 Å². The molecule has 1 saturated carbocycles. The number of carbonyl (C=O) groups excluding carboxylic acids is 1. The van der Waals surface area contributed by atoms with Crippen LogP contribution in [0.1, 0.15) is 59.5 Å². The van der Waals surface area contributed by atoms with E-state index in [1.54, 1.807) is 0 Å². The Labute approximate surface area is 145 Å². The predicted octanol–water partition coefficient (Wildman–Crippen LogP) is 3.18. The molecule has 1 aliphatic carbocycles. The van der Waals surface area contributed by atoms with Gasteiger partial charge in [-0.25, -0.2) is 4.98 Å². The van der Waals surface area contributed by atoms with E-state index in [1.165, 1.54) is 12.8 Å². The van der Waals surface area contributed by atoms with Crippen LogP contribution < -0.4 is 0 Å². The van der Waals surface area contributed by atoms with Gasteiger partial charge >= 0.3 is 0 Å². The highest BCUT2D eigenvalue weighted by Crippen LogP contribution is 2.39. The highest BCUT2D eigenvalue weighted by atomic mass is 16.2. The van der Waals surface area contributed by atoms with E-state index >= 15 is 0 Å². The SMILES string of the molecule is O=C(c1cc(C2CC2)[nH]n1)N1CCC[C@@H](c2nc3ccccc3[nH]2)C1. The number of fused-ring (bicyclic) bond motifs is 1. The van der Waals surface area contributed by atoms with Crippen molar-refractivity contribution in [2.75, 3.05) is 13.1 Å². The number of likely N-dealkylation sites (tertiary alicyclic amines) is 1. The molecule has 0 unspecified atom stereocenters. The first-order chi connectivity index (χ1) is 12.3. The number of nitrogens with one attached hydrogen (secondary N) is 2. The molecule has 1 amide bonds. The van der Waals surface area contributed by atoms with Crippen LogP contribution in [0.25, 0.3) is 11.0 Å². The molecule has 0 bridgehead atoms. The molecule has 2 aliphatic rings. The van der Waals surface area contributed by atoms with Crippen LogP contribution in [0.4, 0.5) is 0 Å². The first kappa shape index (κ1) is 14.7. The molecule has 0 radical (unpaired) electrons. The lowest BCUT2D eigenvalue weighted by Gasteiger charge is -2.31. The Kier molecular flexibility index (Phi) is 3.36. The van der Waals surface area contributed by atoms with Crippen molar-refractivity contribution in [3.63, 3.8) is 0 Å². The Hall–Kier alpha value is -2.63. The van der Waals surface area contributed by atoms with E-state index in [2.05, 4.69) is 15.2 Å². The van der Waals surface area contributed by atoms with E-state index in [9.17, 15) is 4.79 Å². The summed E-state index contributed by atoms with van der Waals surface area (Å²) in [6, 6.07) is 10.0. The molecule has 1 aliphatic heterocycles. The summed E-state index contributed by atoms with van der Waals surface area (Å²) in [5, 5.41) is 7.28. The Bertz CT molecular complexity index is 890. The lowest BCUT2D eigenvalue weighted by Crippen LogP contribution is -2.39. The minimum Gasteiger partial charge on any atom is -0.342 e. The molecule has 1 saturated heterocycles. The van der Waals surface area contributed by atoms with Crippen LogP contribution in [0.5, 0.6) is 0 Å². The molecule has 1 atom stereocenters. The topological polar surface area (TPSA) is 77.7 Å². The molecule has 2 fully saturated rings. The molecule has 3 aromatic rings. The predicted molar refractivity (Wildman–Crippen MR) is 94.5 cm³/mol. The van der Waals surface area contributed by atoms with Gasteiger partial charge in [0.15, 0.2) is 0 Å². The van der Waals surface area contributed by atoms with Gasteiger partial charge < -0.3 is 9.88 Å². The maximum Gasteiger partial charge on any atom is 0.274 e. The van der Waals surface area contributed by atoms with Crippen LogP contribution in [0, 0.1) is 0 Å². The third-order valence-electron chi connectivity index (χ3n) is 5.34. The van der Waals surface area contributed by atoms with E-state index in [-0.39, 0.29) is 11.8 Å². The van der Waals surface area contributed by atoms with E-state index in [4.69, 9.17) is 4.98 Å². The summed E-state index contributed by atoms with van der Waals surface area (Å²) >= 11 is 0. The molecule has 0 spiro atoms. The molecule has 3 heterocycles. The second-order valence-electron chi connectivity index (χ2n) is 7.21. The third kappa shape index (κ3) is 2.71. The van der Waals surface area contributed by atoms with Crippen molar-refractivity contribution in [3.05, 3.63) is 47.5 Å². The van der Waals surface area contributed by atoms with Crippen molar-refractivity contribution in [2.24, 2.45) is 0 Å². The average molecular weight is 335 g/mol. The first-order valence-electron chi connectivity index (χ1n) is 9.07. The maximum atomic E-state index is 12.8. The fourth-order valence-corrected chi connectivity index (χ4v) is 3.76. The van der Waals surface area contributed by atoms with Crippen molar-refractivity contribution >= 4 is 16.9 Å². The van der Waals surface area contributed by atoms with Crippen LogP contribution in [0.3, 0.4) is 0 Å². The van der Waals surface area contributed by atoms with Crippen LogP contribution >= 0.6 is 0 Å². The van der Waals surface area contributed by atoms with Crippen molar-refractivity contribution in [1.29, 1.82) is 0 Å². The van der Waals surface area contributed by atoms with E-state index in [0.717, 1.165) is 41.9 Å². The molecular weight excluding hydrogens is 314 g/mol. The number of para-hydroxylation sites is 2. The Morgan fingerprint density at radius 3 is 2.88 bits per heavy atom. The zero-order chi connectivity index (χ0) is 16.8. The number of hydrogen-bond acceptors (Lipinski definition) is 3. The van der Waals surface area contributed by atoms with Gasteiger partial charge in [-0.05, 0) is 43.9 Å². The van der Waals surface area contributed by atoms with Crippen molar-refractivity contribution in [3.8, 4) is 0 Å². The van der Waals surface area contributed by atoms with Gasteiger partial charge in [0.05, 0.1) is 11.0 Å². The standard InChI is InChI=1S/C19H21N5O/c25-19(17-10-16(22-23-17)12-7-8-12)24-9-3-4-13(11-24)18-20-14-5-1-2-6-15(14)21-18/h1-2,5-6,10,12-13H,3-4,7-9,11H2,(H,20,21)(H,22,23)/t13-/m1/s1. The summed E-state index contributed by atoms with van der Waals surface area (Å²) in [5.41, 5.74) is 3.70. The van der Waals surface area contributed by atoms with E-state index < -0.39 is 0 Å². The van der Waals surface area contributed by atoms with Gasteiger partial charge in [-0.1, -0.05) is 12.1 Å². The number of rotatable bonds is 3. The number of nitrogens with zero attached hydrogens (tertiary/aromatic N) is 3.